The lowest BCUT2D eigenvalue weighted by molar-refractivity contribution is -0.138. The van der Waals surface area contributed by atoms with Crippen LogP contribution in [-0.2, 0) is 6.18 Å². The number of pyridine rings is 1. The van der Waals surface area contributed by atoms with E-state index in [2.05, 4.69) is 20.9 Å². The predicted molar refractivity (Wildman–Crippen MR) is 45.5 cm³/mol. The lowest BCUT2D eigenvalue weighted by Gasteiger charge is -2.10. The van der Waals surface area contributed by atoms with E-state index in [1.165, 1.54) is 0 Å². The fraction of sp³-hybridized carbons (Fsp3) is 0.143. The number of carbonyl (C=O) groups is 1. The minimum Gasteiger partial charge on any atom is -0.366 e. The van der Waals surface area contributed by atoms with Crippen molar-refractivity contribution in [2.24, 2.45) is 5.73 Å². The number of hydrogen-bond donors (Lipinski definition) is 1. The molecule has 76 valence electrons. The van der Waals surface area contributed by atoms with Gasteiger partial charge in [0.05, 0.1) is 11.1 Å². The van der Waals surface area contributed by atoms with Crippen molar-refractivity contribution in [2.45, 2.75) is 6.18 Å². The van der Waals surface area contributed by atoms with Crippen LogP contribution in [0, 0.1) is 0 Å². The van der Waals surface area contributed by atoms with Crippen molar-refractivity contribution in [1.29, 1.82) is 0 Å². The maximum atomic E-state index is 12.3. The molecule has 0 aliphatic heterocycles. The molecule has 0 aliphatic rings. The fourth-order valence-electron chi connectivity index (χ4n) is 0.900. The number of alkyl halides is 3. The molecule has 0 bridgehead atoms. The molecule has 1 aromatic heterocycles. The second kappa shape index (κ2) is 3.56. The van der Waals surface area contributed by atoms with Crippen molar-refractivity contribution in [2.75, 3.05) is 0 Å². The first kappa shape index (κ1) is 11.0. The average Bonchev–Trinajstić information content (AvgIpc) is 2.01. The Morgan fingerprint density at radius 2 is 2.00 bits per heavy atom. The van der Waals surface area contributed by atoms with Crippen molar-refractivity contribution >= 4 is 21.8 Å². The van der Waals surface area contributed by atoms with E-state index < -0.39 is 23.2 Å². The Morgan fingerprint density at radius 1 is 1.43 bits per heavy atom. The molecule has 0 spiro atoms. The van der Waals surface area contributed by atoms with E-state index >= 15 is 0 Å². The van der Waals surface area contributed by atoms with Crippen LogP contribution >= 0.6 is 15.9 Å². The molecular weight excluding hydrogens is 265 g/mol. The van der Waals surface area contributed by atoms with Gasteiger partial charge in [0.15, 0.2) is 0 Å². The SMILES string of the molecule is NC(=O)c1c(Br)cncc1C(F)(F)F. The van der Waals surface area contributed by atoms with E-state index in [1.54, 1.807) is 0 Å². The summed E-state index contributed by atoms with van der Waals surface area (Å²) >= 11 is 2.78. The Kier molecular flexibility index (Phi) is 2.79. The molecule has 0 aliphatic carbocycles. The number of nitrogens with zero attached hydrogens (tertiary/aromatic N) is 1. The first-order valence-electron chi connectivity index (χ1n) is 3.34. The van der Waals surface area contributed by atoms with Gasteiger partial charge in [0.1, 0.15) is 0 Å². The largest absolute Gasteiger partial charge is 0.418 e. The Morgan fingerprint density at radius 3 is 2.36 bits per heavy atom. The van der Waals surface area contributed by atoms with Crippen molar-refractivity contribution in [3.63, 3.8) is 0 Å². The van der Waals surface area contributed by atoms with Gasteiger partial charge in [0.25, 0.3) is 5.91 Å². The maximum Gasteiger partial charge on any atom is 0.418 e. The van der Waals surface area contributed by atoms with Crippen LogP contribution in [0.4, 0.5) is 13.2 Å². The zero-order chi connectivity index (χ0) is 10.9. The summed E-state index contributed by atoms with van der Waals surface area (Å²) < 4.78 is 36.9. The molecular formula is C7H4BrF3N2O. The number of amides is 1. The summed E-state index contributed by atoms with van der Waals surface area (Å²) in [6.07, 6.45) is -3.00. The number of nitrogens with two attached hydrogens (primary N) is 1. The number of primary amides is 1. The average molecular weight is 269 g/mol. The molecule has 14 heavy (non-hydrogen) atoms. The first-order valence-corrected chi connectivity index (χ1v) is 4.14. The van der Waals surface area contributed by atoms with Gasteiger partial charge in [-0.15, -0.1) is 0 Å². The van der Waals surface area contributed by atoms with Crippen molar-refractivity contribution in [3.05, 3.63) is 28.0 Å². The summed E-state index contributed by atoms with van der Waals surface area (Å²) in [5, 5.41) is 0. The molecule has 7 heteroatoms. The monoisotopic (exact) mass is 268 g/mol. The first-order chi connectivity index (χ1) is 6.34. The molecule has 0 fully saturated rings. The highest BCUT2D eigenvalue weighted by Crippen LogP contribution is 2.33. The topological polar surface area (TPSA) is 56.0 Å². The number of halogens is 4. The predicted octanol–water partition coefficient (Wildman–Crippen LogP) is 1.96. The highest BCUT2D eigenvalue weighted by Gasteiger charge is 2.36. The molecule has 0 saturated heterocycles. The summed E-state index contributed by atoms with van der Waals surface area (Å²) in [5.74, 6) is -1.15. The van der Waals surface area contributed by atoms with Crippen molar-refractivity contribution in [1.82, 2.24) is 4.98 Å². The van der Waals surface area contributed by atoms with Crippen LogP contribution in [0.15, 0.2) is 16.9 Å². The second-order valence-electron chi connectivity index (χ2n) is 2.41. The Balaban J connectivity index is 3.44. The molecule has 1 rings (SSSR count). The zero-order valence-electron chi connectivity index (χ0n) is 6.60. The van der Waals surface area contributed by atoms with Crippen LogP contribution in [-0.4, -0.2) is 10.9 Å². The van der Waals surface area contributed by atoms with Crippen LogP contribution in [0.25, 0.3) is 0 Å². The van der Waals surface area contributed by atoms with Crippen LogP contribution in [0.2, 0.25) is 0 Å². The number of rotatable bonds is 1. The molecule has 0 aromatic carbocycles. The zero-order valence-corrected chi connectivity index (χ0v) is 8.19. The van der Waals surface area contributed by atoms with Crippen LogP contribution in [0.1, 0.15) is 15.9 Å². The minimum absolute atomic E-state index is 0.0696. The van der Waals surface area contributed by atoms with Crippen molar-refractivity contribution in [3.8, 4) is 0 Å². The van der Waals surface area contributed by atoms with Gasteiger partial charge in [-0.1, -0.05) is 0 Å². The van der Waals surface area contributed by atoms with Gasteiger partial charge in [-0.2, -0.15) is 13.2 Å². The second-order valence-corrected chi connectivity index (χ2v) is 3.26. The van der Waals surface area contributed by atoms with E-state index in [-0.39, 0.29) is 4.47 Å². The van der Waals surface area contributed by atoms with E-state index in [4.69, 9.17) is 5.73 Å². The molecule has 0 saturated carbocycles. The molecule has 1 aromatic rings. The van der Waals surface area contributed by atoms with Crippen LogP contribution in [0.3, 0.4) is 0 Å². The third-order valence-corrected chi connectivity index (χ3v) is 2.05. The number of hydrogen-bond acceptors (Lipinski definition) is 2. The molecule has 2 N–H and O–H groups in total. The normalized spacial score (nSPS) is 11.4. The molecule has 0 atom stereocenters. The quantitative estimate of drug-likeness (QED) is 0.847. The van der Waals surface area contributed by atoms with Gasteiger partial charge >= 0.3 is 6.18 Å². The molecule has 1 amide bonds. The lowest BCUT2D eigenvalue weighted by Crippen LogP contribution is -2.19. The molecule has 1 heterocycles. The summed E-state index contributed by atoms with van der Waals surface area (Å²) in [6, 6.07) is 0. The van der Waals surface area contributed by atoms with E-state index in [1.807, 2.05) is 0 Å². The fourth-order valence-corrected chi connectivity index (χ4v) is 1.43. The summed E-state index contributed by atoms with van der Waals surface area (Å²) in [6.45, 7) is 0. The highest BCUT2D eigenvalue weighted by molar-refractivity contribution is 9.10. The Hall–Kier alpha value is -1.11. The van der Waals surface area contributed by atoms with Gasteiger partial charge in [-0.05, 0) is 15.9 Å². The van der Waals surface area contributed by atoms with Gasteiger partial charge in [0, 0.05) is 16.9 Å². The maximum absolute atomic E-state index is 12.3. The van der Waals surface area contributed by atoms with Gasteiger partial charge in [-0.3, -0.25) is 9.78 Å². The van der Waals surface area contributed by atoms with E-state index in [9.17, 15) is 18.0 Å². The summed E-state index contributed by atoms with van der Waals surface area (Å²) in [5.41, 5.74) is 3.07. The van der Waals surface area contributed by atoms with E-state index in [0.717, 1.165) is 6.20 Å². The Labute approximate surface area is 85.2 Å². The molecule has 0 unspecified atom stereocenters. The molecule has 3 nitrogen and oxygen atoms in total. The van der Waals surface area contributed by atoms with Crippen LogP contribution in [0.5, 0.6) is 0 Å². The molecule has 0 radical (unpaired) electrons. The smallest absolute Gasteiger partial charge is 0.366 e. The summed E-state index contributed by atoms with van der Waals surface area (Å²) in [4.78, 5) is 14.1. The highest BCUT2D eigenvalue weighted by atomic mass is 79.9. The number of aromatic nitrogens is 1. The standard InChI is InChI=1S/C7H4BrF3N2O/c8-4-2-13-1-3(7(9,10)11)5(4)6(12)14/h1-2H,(H2,12,14). The minimum atomic E-state index is -4.64. The van der Waals surface area contributed by atoms with Gasteiger partial charge in [-0.25, -0.2) is 0 Å². The Bertz CT molecular complexity index is 378. The summed E-state index contributed by atoms with van der Waals surface area (Å²) in [7, 11) is 0. The third kappa shape index (κ3) is 2.03. The van der Waals surface area contributed by atoms with Crippen molar-refractivity contribution < 1.29 is 18.0 Å². The number of carbonyl (C=O) groups excluding carboxylic acids is 1. The van der Waals surface area contributed by atoms with Gasteiger partial charge < -0.3 is 5.73 Å². The lowest BCUT2D eigenvalue weighted by atomic mass is 10.1. The van der Waals surface area contributed by atoms with Gasteiger partial charge in [0.2, 0.25) is 0 Å². The van der Waals surface area contributed by atoms with E-state index in [0.29, 0.717) is 6.20 Å². The van der Waals surface area contributed by atoms with Crippen LogP contribution < -0.4 is 5.73 Å². The third-order valence-electron chi connectivity index (χ3n) is 1.45.